The Kier molecular flexibility index (Phi) is 6.28. The second-order valence-corrected chi connectivity index (χ2v) is 4.34. The number of carbonyl (C=O) groups excluding carboxylic acids is 1. The van der Waals surface area contributed by atoms with Crippen molar-refractivity contribution in [1.29, 1.82) is 0 Å². The zero-order valence-corrected chi connectivity index (χ0v) is 12.0. The van der Waals surface area contributed by atoms with Crippen LogP contribution in [0.1, 0.15) is 17.3 Å². The first-order chi connectivity index (χ1) is 8.19. The maximum absolute atomic E-state index is 11.6. The average molecular weight is 350 g/mol. The fourth-order valence-electron chi connectivity index (χ4n) is 1.21. The van der Waals surface area contributed by atoms with Crippen molar-refractivity contribution in [2.45, 2.75) is 6.92 Å². The van der Waals surface area contributed by atoms with E-state index in [4.69, 9.17) is 14.2 Å². The van der Waals surface area contributed by atoms with Crippen molar-refractivity contribution in [1.82, 2.24) is 0 Å². The minimum absolute atomic E-state index is 0.273. The van der Waals surface area contributed by atoms with Gasteiger partial charge in [0.1, 0.15) is 12.4 Å². The zero-order valence-electron chi connectivity index (χ0n) is 9.86. The Morgan fingerprint density at radius 3 is 2.71 bits per heavy atom. The Balaban J connectivity index is 2.54. The standard InChI is InChI=1S/C12H15IO4/c1-3-16-6-7-17-12(14)9-4-5-11(15-2)10(13)8-9/h4-5,8H,3,6-7H2,1-2H3. The molecule has 1 aromatic rings. The fraction of sp³-hybridized carbons (Fsp3) is 0.417. The average Bonchev–Trinajstić information content (AvgIpc) is 2.34. The minimum Gasteiger partial charge on any atom is -0.496 e. The summed E-state index contributed by atoms with van der Waals surface area (Å²) in [6, 6.07) is 5.17. The van der Waals surface area contributed by atoms with E-state index in [2.05, 4.69) is 22.6 Å². The quantitative estimate of drug-likeness (QED) is 0.449. The summed E-state index contributed by atoms with van der Waals surface area (Å²) in [5.74, 6) is 0.404. The molecule has 1 rings (SSSR count). The topological polar surface area (TPSA) is 44.8 Å². The Bertz CT molecular complexity index is 379. The summed E-state index contributed by atoms with van der Waals surface area (Å²) in [5.41, 5.74) is 0.520. The Morgan fingerprint density at radius 1 is 1.35 bits per heavy atom. The predicted octanol–water partition coefficient (Wildman–Crippen LogP) is 2.49. The molecule has 0 amide bonds. The van der Waals surface area contributed by atoms with E-state index >= 15 is 0 Å². The molecule has 0 heterocycles. The van der Waals surface area contributed by atoms with Gasteiger partial charge in [-0.05, 0) is 47.7 Å². The lowest BCUT2D eigenvalue weighted by atomic mass is 10.2. The van der Waals surface area contributed by atoms with E-state index in [-0.39, 0.29) is 12.6 Å². The molecule has 0 N–H and O–H groups in total. The number of carbonyl (C=O) groups is 1. The summed E-state index contributed by atoms with van der Waals surface area (Å²) in [4.78, 5) is 11.6. The van der Waals surface area contributed by atoms with Crippen LogP contribution in [0.25, 0.3) is 0 Å². The summed E-state index contributed by atoms with van der Waals surface area (Å²) < 4.78 is 16.1. The van der Waals surface area contributed by atoms with Gasteiger partial charge in [-0.3, -0.25) is 0 Å². The van der Waals surface area contributed by atoms with E-state index in [1.807, 2.05) is 6.92 Å². The smallest absolute Gasteiger partial charge is 0.338 e. The number of methoxy groups -OCH3 is 1. The number of hydrogen-bond acceptors (Lipinski definition) is 4. The predicted molar refractivity (Wildman–Crippen MR) is 72.5 cm³/mol. The van der Waals surface area contributed by atoms with Crippen molar-refractivity contribution in [2.24, 2.45) is 0 Å². The number of ether oxygens (including phenoxy) is 3. The maximum atomic E-state index is 11.6. The molecular weight excluding hydrogens is 335 g/mol. The molecule has 5 heteroatoms. The first-order valence-electron chi connectivity index (χ1n) is 5.27. The lowest BCUT2D eigenvalue weighted by molar-refractivity contribution is 0.0335. The van der Waals surface area contributed by atoms with Crippen LogP contribution in [-0.2, 0) is 9.47 Å². The normalized spacial score (nSPS) is 10.1. The summed E-state index contributed by atoms with van der Waals surface area (Å²) in [5, 5.41) is 0. The maximum Gasteiger partial charge on any atom is 0.338 e. The van der Waals surface area contributed by atoms with Gasteiger partial charge in [-0.25, -0.2) is 4.79 Å². The third kappa shape index (κ3) is 4.51. The van der Waals surface area contributed by atoms with Gasteiger partial charge in [-0.1, -0.05) is 0 Å². The molecule has 4 nitrogen and oxygen atoms in total. The van der Waals surface area contributed by atoms with E-state index in [0.717, 1.165) is 9.32 Å². The van der Waals surface area contributed by atoms with Crippen LogP contribution in [0, 0.1) is 3.57 Å². The van der Waals surface area contributed by atoms with Crippen LogP contribution < -0.4 is 4.74 Å². The van der Waals surface area contributed by atoms with E-state index in [9.17, 15) is 4.79 Å². The summed E-state index contributed by atoms with van der Waals surface area (Å²) in [6.45, 7) is 3.22. The third-order valence-corrected chi connectivity index (χ3v) is 2.90. The number of esters is 1. The second-order valence-electron chi connectivity index (χ2n) is 3.18. The second kappa shape index (κ2) is 7.50. The van der Waals surface area contributed by atoms with Crippen LogP contribution in [0.3, 0.4) is 0 Å². The molecule has 0 aliphatic rings. The lowest BCUT2D eigenvalue weighted by Crippen LogP contribution is -2.11. The first kappa shape index (κ1) is 14.2. The Hall–Kier alpha value is -0.820. The molecule has 0 saturated carbocycles. The summed E-state index contributed by atoms with van der Waals surface area (Å²) >= 11 is 2.11. The van der Waals surface area contributed by atoms with E-state index in [1.54, 1.807) is 25.3 Å². The molecule has 0 bridgehead atoms. The van der Waals surface area contributed by atoms with Crippen molar-refractivity contribution in [3.8, 4) is 5.75 Å². The van der Waals surface area contributed by atoms with Gasteiger partial charge in [0.15, 0.2) is 0 Å². The molecule has 0 unspecified atom stereocenters. The first-order valence-corrected chi connectivity index (χ1v) is 6.35. The zero-order chi connectivity index (χ0) is 12.7. The Labute approximate surface area is 114 Å². The van der Waals surface area contributed by atoms with Crippen LogP contribution in [0.15, 0.2) is 18.2 Å². The number of hydrogen-bond donors (Lipinski definition) is 0. The number of rotatable bonds is 6. The van der Waals surface area contributed by atoms with Crippen molar-refractivity contribution < 1.29 is 19.0 Å². The molecule has 0 saturated heterocycles. The van der Waals surface area contributed by atoms with Gasteiger partial charge in [0.25, 0.3) is 0 Å². The van der Waals surface area contributed by atoms with Gasteiger partial charge < -0.3 is 14.2 Å². The SMILES string of the molecule is CCOCCOC(=O)c1ccc(OC)c(I)c1. The highest BCUT2D eigenvalue weighted by molar-refractivity contribution is 14.1. The molecule has 17 heavy (non-hydrogen) atoms. The van der Waals surface area contributed by atoms with Crippen LogP contribution in [0.2, 0.25) is 0 Å². The van der Waals surface area contributed by atoms with Gasteiger partial charge in [-0.15, -0.1) is 0 Å². The highest BCUT2D eigenvalue weighted by Gasteiger charge is 2.09. The van der Waals surface area contributed by atoms with E-state index in [0.29, 0.717) is 18.8 Å². The van der Waals surface area contributed by atoms with Crippen LogP contribution >= 0.6 is 22.6 Å². The molecule has 0 radical (unpaired) electrons. The molecule has 0 fully saturated rings. The van der Waals surface area contributed by atoms with Gasteiger partial charge in [0, 0.05) is 6.61 Å². The van der Waals surface area contributed by atoms with Gasteiger partial charge in [0.2, 0.25) is 0 Å². The number of benzene rings is 1. The monoisotopic (exact) mass is 350 g/mol. The summed E-state index contributed by atoms with van der Waals surface area (Å²) in [7, 11) is 1.59. The fourth-order valence-corrected chi connectivity index (χ4v) is 1.95. The lowest BCUT2D eigenvalue weighted by Gasteiger charge is -2.07. The largest absolute Gasteiger partial charge is 0.496 e. The van der Waals surface area contributed by atoms with Crippen LogP contribution in [0.4, 0.5) is 0 Å². The molecule has 0 aliphatic carbocycles. The summed E-state index contributed by atoms with van der Waals surface area (Å²) in [6.07, 6.45) is 0. The minimum atomic E-state index is -0.342. The molecule has 94 valence electrons. The molecule has 0 aliphatic heterocycles. The van der Waals surface area contributed by atoms with Crippen molar-refractivity contribution in [3.05, 3.63) is 27.3 Å². The van der Waals surface area contributed by atoms with Gasteiger partial charge in [0.05, 0.1) is 22.9 Å². The molecular formula is C12H15IO4. The molecule has 1 aromatic carbocycles. The van der Waals surface area contributed by atoms with Crippen LogP contribution in [0.5, 0.6) is 5.75 Å². The molecule has 0 aromatic heterocycles. The van der Waals surface area contributed by atoms with E-state index in [1.165, 1.54) is 0 Å². The van der Waals surface area contributed by atoms with E-state index < -0.39 is 0 Å². The molecule has 0 spiro atoms. The highest BCUT2D eigenvalue weighted by atomic mass is 127. The Morgan fingerprint density at radius 2 is 2.12 bits per heavy atom. The van der Waals surface area contributed by atoms with Crippen molar-refractivity contribution in [3.63, 3.8) is 0 Å². The number of halogens is 1. The van der Waals surface area contributed by atoms with Crippen LogP contribution in [-0.4, -0.2) is 32.9 Å². The molecule has 0 atom stereocenters. The highest BCUT2D eigenvalue weighted by Crippen LogP contribution is 2.21. The van der Waals surface area contributed by atoms with Gasteiger partial charge >= 0.3 is 5.97 Å². The van der Waals surface area contributed by atoms with Gasteiger partial charge in [-0.2, -0.15) is 0 Å². The van der Waals surface area contributed by atoms with Crippen molar-refractivity contribution in [2.75, 3.05) is 26.9 Å². The van der Waals surface area contributed by atoms with Crippen molar-refractivity contribution >= 4 is 28.6 Å². The third-order valence-electron chi connectivity index (χ3n) is 2.05.